The second-order valence-electron chi connectivity index (χ2n) is 7.45. The van der Waals surface area contributed by atoms with Gasteiger partial charge in [0.05, 0.1) is 18.6 Å². The summed E-state index contributed by atoms with van der Waals surface area (Å²) in [5.74, 6) is 0.524. The Kier molecular flexibility index (Phi) is 5.99. The van der Waals surface area contributed by atoms with Crippen molar-refractivity contribution < 1.29 is 18.4 Å². The lowest BCUT2D eigenvalue weighted by molar-refractivity contribution is 0.0932. The molecule has 1 saturated heterocycles. The highest BCUT2D eigenvalue weighted by atomic mass is 16.3. The molecule has 3 heterocycles. The maximum absolute atomic E-state index is 12.8. The monoisotopic (exact) mass is 407 g/mol. The van der Waals surface area contributed by atoms with Gasteiger partial charge in [0.15, 0.2) is 5.76 Å². The lowest BCUT2D eigenvalue weighted by Gasteiger charge is -2.26. The van der Waals surface area contributed by atoms with Crippen molar-refractivity contribution >= 4 is 17.5 Å². The molecule has 1 atom stereocenters. The zero-order chi connectivity index (χ0) is 20.9. The number of nitrogens with one attached hydrogen (secondary N) is 2. The first-order chi connectivity index (χ1) is 14.6. The van der Waals surface area contributed by atoms with Crippen LogP contribution in [0.3, 0.4) is 0 Å². The Bertz CT molecular complexity index is 990. The Balaban J connectivity index is 1.44. The third kappa shape index (κ3) is 4.46. The van der Waals surface area contributed by atoms with Gasteiger partial charge in [-0.3, -0.25) is 14.5 Å². The van der Waals surface area contributed by atoms with E-state index in [1.165, 1.54) is 6.26 Å². The summed E-state index contributed by atoms with van der Waals surface area (Å²) in [7, 11) is 0. The van der Waals surface area contributed by atoms with E-state index in [0.29, 0.717) is 17.8 Å². The molecule has 0 spiro atoms. The van der Waals surface area contributed by atoms with Gasteiger partial charge in [-0.2, -0.15) is 0 Å². The van der Waals surface area contributed by atoms with Gasteiger partial charge >= 0.3 is 0 Å². The molecule has 2 N–H and O–H groups in total. The van der Waals surface area contributed by atoms with E-state index < -0.39 is 0 Å². The number of carbonyl (C=O) groups is 2. The number of likely N-dealkylation sites (tertiary alicyclic amines) is 1. The number of nitrogens with zero attached hydrogens (tertiary/aromatic N) is 1. The van der Waals surface area contributed by atoms with Crippen molar-refractivity contribution in [3.63, 3.8) is 0 Å². The molecule has 2 aromatic heterocycles. The van der Waals surface area contributed by atoms with Crippen molar-refractivity contribution in [2.75, 3.05) is 25.0 Å². The summed E-state index contributed by atoms with van der Waals surface area (Å²) in [5.41, 5.74) is 1.91. The van der Waals surface area contributed by atoms with E-state index in [0.717, 1.165) is 37.3 Å². The molecule has 156 valence electrons. The Labute approximate surface area is 175 Å². The van der Waals surface area contributed by atoms with Crippen LogP contribution in [0.2, 0.25) is 0 Å². The van der Waals surface area contributed by atoms with Crippen LogP contribution in [0.1, 0.15) is 51.1 Å². The van der Waals surface area contributed by atoms with Crippen LogP contribution in [-0.4, -0.2) is 36.3 Å². The van der Waals surface area contributed by atoms with Gasteiger partial charge in [0.2, 0.25) is 0 Å². The van der Waals surface area contributed by atoms with E-state index >= 15 is 0 Å². The number of aryl methyl sites for hydroxylation is 1. The summed E-state index contributed by atoms with van der Waals surface area (Å²) in [6.45, 7) is 4.32. The highest BCUT2D eigenvalue weighted by molar-refractivity contribution is 6.03. The fourth-order valence-electron chi connectivity index (χ4n) is 3.72. The fraction of sp³-hybridized carbons (Fsp3) is 0.304. The number of anilines is 1. The highest BCUT2D eigenvalue weighted by Crippen LogP contribution is 2.25. The maximum Gasteiger partial charge on any atom is 0.291 e. The predicted molar refractivity (Wildman–Crippen MR) is 112 cm³/mol. The molecule has 0 bridgehead atoms. The minimum atomic E-state index is -0.354. The van der Waals surface area contributed by atoms with Crippen molar-refractivity contribution in [3.05, 3.63) is 77.6 Å². The predicted octanol–water partition coefficient (Wildman–Crippen LogP) is 4.00. The largest absolute Gasteiger partial charge is 0.468 e. The summed E-state index contributed by atoms with van der Waals surface area (Å²) in [6, 6.07) is 12.3. The van der Waals surface area contributed by atoms with Crippen molar-refractivity contribution in [3.8, 4) is 0 Å². The Morgan fingerprint density at radius 1 is 1.03 bits per heavy atom. The maximum atomic E-state index is 12.8. The Morgan fingerprint density at radius 3 is 2.50 bits per heavy atom. The second kappa shape index (κ2) is 9.00. The van der Waals surface area contributed by atoms with E-state index in [4.69, 9.17) is 8.83 Å². The van der Waals surface area contributed by atoms with E-state index in [9.17, 15) is 9.59 Å². The molecule has 0 aliphatic carbocycles. The number of hydrogen-bond donors (Lipinski definition) is 2. The second-order valence-corrected chi connectivity index (χ2v) is 7.45. The number of amides is 2. The molecule has 30 heavy (non-hydrogen) atoms. The molecule has 0 unspecified atom stereocenters. The van der Waals surface area contributed by atoms with Crippen molar-refractivity contribution in [2.24, 2.45) is 0 Å². The zero-order valence-electron chi connectivity index (χ0n) is 16.9. The molecule has 1 fully saturated rings. The molecular formula is C23H25N3O4. The number of carbonyl (C=O) groups excluding carboxylic acids is 2. The average molecular weight is 407 g/mol. The first kappa shape index (κ1) is 20.0. The van der Waals surface area contributed by atoms with Crippen LogP contribution in [0, 0.1) is 6.92 Å². The number of hydrogen-bond acceptors (Lipinski definition) is 5. The first-order valence-corrected chi connectivity index (χ1v) is 10.1. The standard InChI is InChI=1S/C23H25N3O4/c1-16-8-9-17(14-18(16)25-23(28)21-7-5-13-30-21)22(27)24-15-19(20-6-4-12-29-20)26-10-2-3-11-26/h4-9,12-14,19H,2-3,10-11,15H2,1H3,(H,24,27)(H,25,28)/t19-/m0/s1. The molecule has 1 aliphatic rings. The fourth-order valence-corrected chi connectivity index (χ4v) is 3.72. The molecule has 2 amide bonds. The normalized spacial score (nSPS) is 15.1. The van der Waals surface area contributed by atoms with Crippen molar-refractivity contribution in [1.29, 1.82) is 0 Å². The van der Waals surface area contributed by atoms with Gasteiger partial charge in [0.1, 0.15) is 5.76 Å². The minimum absolute atomic E-state index is 0.00928. The molecule has 7 nitrogen and oxygen atoms in total. The number of benzene rings is 1. The van der Waals surface area contributed by atoms with Gasteiger partial charge < -0.3 is 19.5 Å². The summed E-state index contributed by atoms with van der Waals surface area (Å²) >= 11 is 0. The third-order valence-corrected chi connectivity index (χ3v) is 5.40. The number of rotatable bonds is 7. The van der Waals surface area contributed by atoms with Crippen LogP contribution in [-0.2, 0) is 0 Å². The molecule has 1 aromatic carbocycles. The zero-order valence-corrected chi connectivity index (χ0v) is 16.9. The quantitative estimate of drug-likeness (QED) is 0.618. The van der Waals surface area contributed by atoms with Gasteiger partial charge in [-0.15, -0.1) is 0 Å². The molecule has 1 aliphatic heterocycles. The van der Waals surface area contributed by atoms with Crippen molar-refractivity contribution in [2.45, 2.75) is 25.8 Å². The molecule has 0 saturated carbocycles. The summed E-state index contributed by atoms with van der Waals surface area (Å²) in [4.78, 5) is 27.4. The van der Waals surface area contributed by atoms with Crippen LogP contribution < -0.4 is 10.6 Å². The summed E-state index contributed by atoms with van der Waals surface area (Å²) in [5, 5.41) is 5.82. The van der Waals surface area contributed by atoms with Gasteiger partial charge in [-0.05, 0) is 74.8 Å². The van der Waals surface area contributed by atoms with Gasteiger partial charge in [0, 0.05) is 17.8 Å². The van der Waals surface area contributed by atoms with Crippen LogP contribution in [0.15, 0.2) is 63.8 Å². The molecular weight excluding hydrogens is 382 g/mol. The van der Waals surface area contributed by atoms with Gasteiger partial charge in [-0.1, -0.05) is 6.07 Å². The van der Waals surface area contributed by atoms with Crippen LogP contribution in [0.25, 0.3) is 0 Å². The van der Waals surface area contributed by atoms with Crippen LogP contribution in [0.4, 0.5) is 5.69 Å². The minimum Gasteiger partial charge on any atom is -0.468 e. The average Bonchev–Trinajstić information content (AvgIpc) is 3.52. The summed E-state index contributed by atoms with van der Waals surface area (Å²) in [6.07, 6.45) is 5.42. The van der Waals surface area contributed by atoms with E-state index in [1.807, 2.05) is 25.1 Å². The van der Waals surface area contributed by atoms with Crippen molar-refractivity contribution in [1.82, 2.24) is 10.2 Å². The third-order valence-electron chi connectivity index (χ3n) is 5.40. The van der Waals surface area contributed by atoms with Crippen LogP contribution >= 0.6 is 0 Å². The molecule has 3 aromatic rings. The number of furan rings is 2. The lowest BCUT2D eigenvalue weighted by Crippen LogP contribution is -2.36. The van der Waals surface area contributed by atoms with Gasteiger partial charge in [0.25, 0.3) is 11.8 Å². The summed E-state index contributed by atoms with van der Waals surface area (Å²) < 4.78 is 10.7. The Morgan fingerprint density at radius 2 is 1.80 bits per heavy atom. The van der Waals surface area contributed by atoms with Crippen LogP contribution in [0.5, 0.6) is 0 Å². The lowest BCUT2D eigenvalue weighted by atomic mass is 10.1. The van der Waals surface area contributed by atoms with E-state index in [1.54, 1.807) is 30.5 Å². The molecule has 7 heteroatoms. The van der Waals surface area contributed by atoms with Gasteiger partial charge in [-0.25, -0.2) is 0 Å². The van der Waals surface area contributed by atoms with E-state index in [-0.39, 0.29) is 23.6 Å². The molecule has 4 rings (SSSR count). The Hall–Kier alpha value is -3.32. The topological polar surface area (TPSA) is 87.7 Å². The molecule has 0 radical (unpaired) electrons. The van der Waals surface area contributed by atoms with E-state index in [2.05, 4.69) is 15.5 Å². The highest BCUT2D eigenvalue weighted by Gasteiger charge is 2.26. The smallest absolute Gasteiger partial charge is 0.291 e. The SMILES string of the molecule is Cc1ccc(C(=O)NC[C@@H](c2ccco2)N2CCCC2)cc1NC(=O)c1ccco1. The first-order valence-electron chi connectivity index (χ1n) is 10.1.